The Morgan fingerprint density at radius 2 is 2.29 bits per heavy atom. The summed E-state index contributed by atoms with van der Waals surface area (Å²) in [4.78, 5) is 13.0. The number of alkyl carbamates (subject to hydrolysis) is 1. The molecule has 2 N–H and O–H groups in total. The predicted molar refractivity (Wildman–Crippen MR) is 87.2 cm³/mol. The highest BCUT2D eigenvalue weighted by atomic mass is 35.5. The molecule has 1 aliphatic rings. The van der Waals surface area contributed by atoms with Gasteiger partial charge in [0.15, 0.2) is 0 Å². The Bertz CT molecular complexity index is 510. The Morgan fingerprint density at radius 3 is 2.95 bits per heavy atom. The molecule has 0 aliphatic heterocycles. The second-order valence-corrected chi connectivity index (χ2v) is 8.24. The average molecular weight is 331 g/mol. The molecular formula is C15H23ClN2O2S. The normalized spacial score (nSPS) is 19.2. The lowest BCUT2D eigenvalue weighted by Gasteiger charge is -2.23. The summed E-state index contributed by atoms with van der Waals surface area (Å²) in [5, 5.41) is 6.34. The van der Waals surface area contributed by atoms with Crippen LogP contribution in [-0.4, -0.2) is 24.3 Å². The maximum Gasteiger partial charge on any atom is 0.407 e. The van der Waals surface area contributed by atoms with E-state index in [1.165, 1.54) is 10.4 Å². The number of fused-ring (bicyclic) bond motifs is 1. The quantitative estimate of drug-likeness (QED) is 0.880. The van der Waals surface area contributed by atoms with Crippen LogP contribution >= 0.6 is 22.9 Å². The highest BCUT2D eigenvalue weighted by molar-refractivity contribution is 7.16. The van der Waals surface area contributed by atoms with Gasteiger partial charge in [-0.2, -0.15) is 0 Å². The third-order valence-electron chi connectivity index (χ3n) is 3.28. The van der Waals surface area contributed by atoms with Crippen molar-refractivity contribution in [3.8, 4) is 0 Å². The van der Waals surface area contributed by atoms with E-state index in [1.54, 1.807) is 11.3 Å². The molecule has 0 saturated carbocycles. The van der Waals surface area contributed by atoms with E-state index in [1.807, 2.05) is 20.8 Å². The molecule has 21 heavy (non-hydrogen) atoms. The summed E-state index contributed by atoms with van der Waals surface area (Å²) in [5.74, 6) is 0. The van der Waals surface area contributed by atoms with Gasteiger partial charge in [0.05, 0.1) is 4.34 Å². The number of aryl methyl sites for hydroxylation is 1. The van der Waals surface area contributed by atoms with E-state index in [0.29, 0.717) is 12.6 Å². The minimum Gasteiger partial charge on any atom is -0.444 e. The molecule has 1 aromatic heterocycles. The van der Waals surface area contributed by atoms with Crippen LogP contribution in [0.25, 0.3) is 0 Å². The number of hydrogen-bond donors (Lipinski definition) is 2. The highest BCUT2D eigenvalue weighted by Gasteiger charge is 2.26. The maximum atomic E-state index is 11.6. The van der Waals surface area contributed by atoms with E-state index in [4.69, 9.17) is 16.3 Å². The number of nitrogens with one attached hydrogen (secondary N) is 2. The lowest BCUT2D eigenvalue weighted by atomic mass is 10.1. The zero-order valence-electron chi connectivity index (χ0n) is 13.0. The number of rotatable bonds is 4. The topological polar surface area (TPSA) is 50.4 Å². The molecular weight excluding hydrogens is 308 g/mol. The van der Waals surface area contributed by atoms with Crippen molar-refractivity contribution >= 4 is 29.0 Å². The fourth-order valence-electron chi connectivity index (χ4n) is 2.46. The second kappa shape index (κ2) is 6.55. The van der Waals surface area contributed by atoms with Gasteiger partial charge in [-0.15, -0.1) is 11.3 Å². The molecule has 2 unspecified atom stereocenters. The van der Waals surface area contributed by atoms with Crippen LogP contribution in [0.1, 0.15) is 50.6 Å². The monoisotopic (exact) mass is 330 g/mol. The molecule has 4 nitrogen and oxygen atoms in total. The number of amides is 1. The Hall–Kier alpha value is -0.780. The van der Waals surface area contributed by atoms with E-state index in [2.05, 4.69) is 23.6 Å². The molecule has 0 bridgehead atoms. The molecule has 0 fully saturated rings. The Balaban J connectivity index is 1.78. The standard InChI is InChI=1S/C15H23ClN2O2S/c1-9(8-17-14(19)20-15(2,3)4)18-11-5-6-12-10(11)7-13(16)21-12/h7,9,11,18H,5-6,8H2,1-4H3,(H,17,19). The van der Waals surface area contributed by atoms with Crippen molar-refractivity contribution in [1.82, 2.24) is 10.6 Å². The van der Waals surface area contributed by atoms with Gasteiger partial charge in [-0.05, 0) is 52.2 Å². The van der Waals surface area contributed by atoms with Crippen molar-refractivity contribution in [2.75, 3.05) is 6.54 Å². The molecule has 0 saturated heterocycles. The first kappa shape index (κ1) is 16.6. The van der Waals surface area contributed by atoms with E-state index < -0.39 is 5.60 Å². The number of halogens is 1. The Morgan fingerprint density at radius 1 is 1.57 bits per heavy atom. The van der Waals surface area contributed by atoms with Crippen LogP contribution in [-0.2, 0) is 11.2 Å². The first-order valence-corrected chi connectivity index (χ1v) is 8.45. The third kappa shape index (κ3) is 4.87. The second-order valence-electron chi connectivity index (χ2n) is 6.47. The van der Waals surface area contributed by atoms with Gasteiger partial charge in [-0.25, -0.2) is 4.79 Å². The van der Waals surface area contributed by atoms with Gasteiger partial charge in [0.2, 0.25) is 0 Å². The summed E-state index contributed by atoms with van der Waals surface area (Å²) in [5.41, 5.74) is 0.850. The molecule has 1 amide bonds. The fraction of sp³-hybridized carbons (Fsp3) is 0.667. The highest BCUT2D eigenvalue weighted by Crippen LogP contribution is 2.39. The van der Waals surface area contributed by atoms with Gasteiger partial charge in [0.1, 0.15) is 5.60 Å². The van der Waals surface area contributed by atoms with Crippen molar-refractivity contribution in [1.29, 1.82) is 0 Å². The molecule has 0 radical (unpaired) electrons. The minimum absolute atomic E-state index is 0.173. The molecule has 1 heterocycles. The smallest absolute Gasteiger partial charge is 0.407 e. The maximum absolute atomic E-state index is 11.6. The average Bonchev–Trinajstić information content (AvgIpc) is 2.85. The predicted octanol–water partition coefficient (Wildman–Crippen LogP) is 3.89. The van der Waals surface area contributed by atoms with E-state index >= 15 is 0 Å². The molecule has 1 aromatic rings. The molecule has 2 atom stereocenters. The third-order valence-corrected chi connectivity index (χ3v) is 4.62. The van der Waals surface area contributed by atoms with Crippen molar-refractivity contribution in [2.24, 2.45) is 0 Å². The van der Waals surface area contributed by atoms with Gasteiger partial charge in [0, 0.05) is 23.5 Å². The largest absolute Gasteiger partial charge is 0.444 e. The summed E-state index contributed by atoms with van der Waals surface area (Å²) < 4.78 is 6.08. The van der Waals surface area contributed by atoms with E-state index in [9.17, 15) is 4.79 Å². The van der Waals surface area contributed by atoms with Crippen LogP contribution in [0.15, 0.2) is 6.07 Å². The van der Waals surface area contributed by atoms with Crippen molar-refractivity contribution < 1.29 is 9.53 Å². The first-order chi connectivity index (χ1) is 9.74. The molecule has 1 aliphatic carbocycles. The van der Waals surface area contributed by atoms with Crippen LogP contribution in [0.2, 0.25) is 4.34 Å². The number of ether oxygens (including phenoxy) is 1. The van der Waals surface area contributed by atoms with Crippen LogP contribution in [0.3, 0.4) is 0 Å². The number of carbonyl (C=O) groups is 1. The van der Waals surface area contributed by atoms with Crippen LogP contribution in [0, 0.1) is 0 Å². The minimum atomic E-state index is -0.464. The van der Waals surface area contributed by atoms with E-state index in [0.717, 1.165) is 17.2 Å². The number of hydrogen-bond acceptors (Lipinski definition) is 4. The molecule has 0 aromatic carbocycles. The van der Waals surface area contributed by atoms with Crippen molar-refractivity contribution in [3.05, 3.63) is 20.8 Å². The van der Waals surface area contributed by atoms with Crippen LogP contribution in [0.4, 0.5) is 4.79 Å². The summed E-state index contributed by atoms with van der Waals surface area (Å²) in [6.07, 6.45) is 1.80. The van der Waals surface area contributed by atoms with Crippen LogP contribution in [0.5, 0.6) is 0 Å². The zero-order chi connectivity index (χ0) is 15.6. The van der Waals surface area contributed by atoms with E-state index in [-0.39, 0.29) is 12.1 Å². The first-order valence-electron chi connectivity index (χ1n) is 7.25. The molecule has 0 spiro atoms. The summed E-state index contributed by atoms with van der Waals surface area (Å²) in [7, 11) is 0. The number of carbonyl (C=O) groups excluding carboxylic acids is 1. The summed E-state index contributed by atoms with van der Waals surface area (Å²) >= 11 is 7.73. The van der Waals surface area contributed by atoms with Crippen molar-refractivity contribution in [3.63, 3.8) is 0 Å². The van der Waals surface area contributed by atoms with Gasteiger partial charge >= 0.3 is 6.09 Å². The number of thiophene rings is 1. The molecule has 2 rings (SSSR count). The Labute approximate surface area is 135 Å². The van der Waals surface area contributed by atoms with Gasteiger partial charge in [-0.1, -0.05) is 11.6 Å². The molecule has 6 heteroatoms. The lowest BCUT2D eigenvalue weighted by Crippen LogP contribution is -2.42. The zero-order valence-corrected chi connectivity index (χ0v) is 14.5. The van der Waals surface area contributed by atoms with Crippen LogP contribution < -0.4 is 10.6 Å². The SMILES string of the molecule is CC(CNC(=O)OC(C)(C)C)NC1CCc2sc(Cl)cc21. The Kier molecular flexibility index (Phi) is 5.17. The summed E-state index contributed by atoms with van der Waals surface area (Å²) in [6.45, 7) is 8.17. The van der Waals surface area contributed by atoms with Crippen molar-refractivity contribution in [2.45, 2.75) is 58.2 Å². The lowest BCUT2D eigenvalue weighted by molar-refractivity contribution is 0.0522. The van der Waals surface area contributed by atoms with Gasteiger partial charge in [0.25, 0.3) is 0 Å². The van der Waals surface area contributed by atoms with Gasteiger partial charge in [-0.3, -0.25) is 0 Å². The fourth-order valence-corrected chi connectivity index (χ4v) is 3.81. The summed E-state index contributed by atoms with van der Waals surface area (Å²) in [6, 6.07) is 2.56. The molecule has 118 valence electrons. The van der Waals surface area contributed by atoms with Gasteiger partial charge < -0.3 is 15.4 Å².